The zero-order chi connectivity index (χ0) is 20.3. The summed E-state index contributed by atoms with van der Waals surface area (Å²) in [6.07, 6.45) is 1.56. The smallest absolute Gasteiger partial charge is 0.255 e. The molecule has 1 amide bonds. The number of amides is 1. The van der Waals surface area contributed by atoms with Gasteiger partial charge in [-0.1, -0.05) is 17.7 Å². The molecule has 1 aromatic heterocycles. The van der Waals surface area contributed by atoms with Gasteiger partial charge in [-0.3, -0.25) is 4.79 Å². The summed E-state index contributed by atoms with van der Waals surface area (Å²) >= 11 is 6.06. The van der Waals surface area contributed by atoms with E-state index < -0.39 is 0 Å². The number of halogens is 1. The van der Waals surface area contributed by atoms with Gasteiger partial charge in [0.1, 0.15) is 11.5 Å². The van der Waals surface area contributed by atoms with Crippen LogP contribution in [0.1, 0.15) is 34.6 Å². The molecular weight excluding hydrogens is 378 g/mol. The Hall–Kier alpha value is -2.99. The number of rotatable bonds is 6. The molecular formula is C21H22ClN3O3. The maximum Gasteiger partial charge on any atom is 0.255 e. The van der Waals surface area contributed by atoms with Gasteiger partial charge in [-0.05, 0) is 44.2 Å². The predicted molar refractivity (Wildman–Crippen MR) is 109 cm³/mol. The molecule has 7 heteroatoms. The lowest BCUT2D eigenvalue weighted by molar-refractivity contribution is 0.0939. The summed E-state index contributed by atoms with van der Waals surface area (Å²) in [4.78, 5) is 12.8. The Kier molecular flexibility index (Phi) is 5.90. The van der Waals surface area contributed by atoms with Gasteiger partial charge in [0.05, 0.1) is 43.4 Å². The van der Waals surface area contributed by atoms with Gasteiger partial charge in [0, 0.05) is 16.7 Å². The topological polar surface area (TPSA) is 65.4 Å². The molecule has 0 aliphatic heterocycles. The Labute approximate surface area is 169 Å². The molecule has 146 valence electrons. The largest absolute Gasteiger partial charge is 0.497 e. The molecule has 1 heterocycles. The van der Waals surface area contributed by atoms with E-state index in [4.69, 9.17) is 21.1 Å². The molecule has 3 rings (SSSR count). The second kappa shape index (κ2) is 8.35. The highest BCUT2D eigenvalue weighted by atomic mass is 35.5. The highest BCUT2D eigenvalue weighted by Gasteiger charge is 2.20. The van der Waals surface area contributed by atoms with E-state index in [0.29, 0.717) is 22.1 Å². The fourth-order valence-corrected chi connectivity index (χ4v) is 3.21. The van der Waals surface area contributed by atoms with Crippen LogP contribution in [0.25, 0.3) is 5.69 Å². The van der Waals surface area contributed by atoms with Crippen molar-refractivity contribution >= 4 is 17.5 Å². The number of nitrogens with one attached hydrogen (secondary N) is 1. The maximum absolute atomic E-state index is 12.8. The first kappa shape index (κ1) is 19.8. The number of nitrogens with zero attached hydrogens (tertiary/aromatic N) is 2. The average Bonchev–Trinajstić information content (AvgIpc) is 3.08. The van der Waals surface area contributed by atoms with Crippen LogP contribution in [-0.4, -0.2) is 29.9 Å². The van der Waals surface area contributed by atoms with Crippen molar-refractivity contribution in [2.75, 3.05) is 14.2 Å². The van der Waals surface area contributed by atoms with Crippen LogP contribution in [0.4, 0.5) is 0 Å². The van der Waals surface area contributed by atoms with Crippen LogP contribution in [0.3, 0.4) is 0 Å². The van der Waals surface area contributed by atoms with Crippen molar-refractivity contribution in [1.29, 1.82) is 0 Å². The van der Waals surface area contributed by atoms with Crippen molar-refractivity contribution in [2.45, 2.75) is 19.9 Å². The van der Waals surface area contributed by atoms with Gasteiger partial charge in [-0.2, -0.15) is 5.10 Å². The van der Waals surface area contributed by atoms with Crippen LogP contribution in [-0.2, 0) is 0 Å². The van der Waals surface area contributed by atoms with Crippen LogP contribution in [0, 0.1) is 6.92 Å². The van der Waals surface area contributed by atoms with Gasteiger partial charge in [0.15, 0.2) is 0 Å². The summed E-state index contributed by atoms with van der Waals surface area (Å²) in [5.41, 5.74) is 2.89. The summed E-state index contributed by atoms with van der Waals surface area (Å²) in [6, 6.07) is 12.6. The first-order valence-electron chi connectivity index (χ1n) is 8.78. The Morgan fingerprint density at radius 2 is 1.96 bits per heavy atom. The Balaban J connectivity index is 1.82. The van der Waals surface area contributed by atoms with E-state index in [1.54, 1.807) is 43.3 Å². The van der Waals surface area contributed by atoms with Gasteiger partial charge in [-0.15, -0.1) is 0 Å². The number of ether oxygens (including phenoxy) is 2. The molecule has 1 atom stereocenters. The molecule has 0 spiro atoms. The number of aromatic nitrogens is 2. The van der Waals surface area contributed by atoms with Crippen molar-refractivity contribution in [1.82, 2.24) is 15.1 Å². The van der Waals surface area contributed by atoms with Crippen molar-refractivity contribution in [2.24, 2.45) is 0 Å². The number of methoxy groups -OCH3 is 2. The number of hydrogen-bond acceptors (Lipinski definition) is 4. The van der Waals surface area contributed by atoms with Crippen LogP contribution in [0.15, 0.2) is 48.7 Å². The molecule has 1 N–H and O–H groups in total. The van der Waals surface area contributed by atoms with E-state index in [9.17, 15) is 4.79 Å². The highest BCUT2D eigenvalue weighted by molar-refractivity contribution is 6.30. The minimum absolute atomic E-state index is 0.212. The molecule has 0 fully saturated rings. The number of carbonyl (C=O) groups excluding carboxylic acids is 1. The SMILES string of the molecule is COc1ccc(C(C)NC(=O)c2cnn(-c3cccc(Cl)c3)c2C)c(OC)c1. The molecule has 0 radical (unpaired) electrons. The summed E-state index contributed by atoms with van der Waals surface area (Å²) in [7, 11) is 3.19. The molecule has 3 aromatic rings. The highest BCUT2D eigenvalue weighted by Crippen LogP contribution is 2.29. The van der Waals surface area contributed by atoms with E-state index in [1.807, 2.05) is 38.1 Å². The van der Waals surface area contributed by atoms with Crippen molar-refractivity contribution in [3.63, 3.8) is 0 Å². The van der Waals surface area contributed by atoms with Crippen molar-refractivity contribution in [3.05, 3.63) is 70.5 Å². The van der Waals surface area contributed by atoms with Crippen LogP contribution in [0.2, 0.25) is 5.02 Å². The zero-order valence-corrected chi connectivity index (χ0v) is 16.9. The van der Waals surface area contributed by atoms with E-state index in [-0.39, 0.29) is 11.9 Å². The average molecular weight is 400 g/mol. The second-order valence-electron chi connectivity index (χ2n) is 6.34. The summed E-state index contributed by atoms with van der Waals surface area (Å²) < 4.78 is 12.3. The third-order valence-corrected chi connectivity index (χ3v) is 4.80. The lowest BCUT2D eigenvalue weighted by atomic mass is 10.1. The molecule has 0 saturated carbocycles. The first-order chi connectivity index (χ1) is 13.4. The summed E-state index contributed by atoms with van der Waals surface area (Å²) in [5, 5.41) is 7.95. The molecule has 2 aromatic carbocycles. The third kappa shape index (κ3) is 3.97. The molecule has 6 nitrogen and oxygen atoms in total. The van der Waals surface area contributed by atoms with Gasteiger partial charge >= 0.3 is 0 Å². The fourth-order valence-electron chi connectivity index (χ4n) is 3.03. The Bertz CT molecular complexity index is 1000. The maximum atomic E-state index is 12.8. The minimum Gasteiger partial charge on any atom is -0.497 e. The van der Waals surface area contributed by atoms with E-state index >= 15 is 0 Å². The molecule has 0 aliphatic rings. The summed E-state index contributed by atoms with van der Waals surface area (Å²) in [6.45, 7) is 3.75. The van der Waals surface area contributed by atoms with Crippen LogP contribution in [0.5, 0.6) is 11.5 Å². The first-order valence-corrected chi connectivity index (χ1v) is 9.15. The quantitative estimate of drug-likeness (QED) is 0.669. The molecule has 28 heavy (non-hydrogen) atoms. The Morgan fingerprint density at radius 1 is 1.18 bits per heavy atom. The van der Waals surface area contributed by atoms with Gasteiger partial charge in [-0.25, -0.2) is 4.68 Å². The van der Waals surface area contributed by atoms with Crippen LogP contribution < -0.4 is 14.8 Å². The molecule has 0 bridgehead atoms. The van der Waals surface area contributed by atoms with Gasteiger partial charge < -0.3 is 14.8 Å². The summed E-state index contributed by atoms with van der Waals surface area (Å²) in [5.74, 6) is 1.13. The third-order valence-electron chi connectivity index (χ3n) is 4.56. The van der Waals surface area contributed by atoms with E-state index in [1.165, 1.54) is 0 Å². The molecule has 1 unspecified atom stereocenters. The van der Waals surface area contributed by atoms with E-state index in [0.717, 1.165) is 16.9 Å². The Morgan fingerprint density at radius 3 is 2.64 bits per heavy atom. The number of hydrogen-bond donors (Lipinski definition) is 1. The number of carbonyl (C=O) groups is 1. The normalized spacial score (nSPS) is 11.8. The number of benzene rings is 2. The molecule has 0 aliphatic carbocycles. The van der Waals surface area contributed by atoms with Crippen LogP contribution >= 0.6 is 11.6 Å². The monoisotopic (exact) mass is 399 g/mol. The standard InChI is InChI=1S/C21H22ClN3O3/c1-13(18-9-8-17(27-3)11-20(18)28-4)24-21(26)19-12-23-25(14(19)2)16-7-5-6-15(22)10-16/h5-13H,1-4H3,(H,24,26). The lowest BCUT2D eigenvalue weighted by Crippen LogP contribution is -2.27. The lowest BCUT2D eigenvalue weighted by Gasteiger charge is -2.18. The van der Waals surface area contributed by atoms with Crippen molar-refractivity contribution in [3.8, 4) is 17.2 Å². The minimum atomic E-state index is -0.262. The van der Waals surface area contributed by atoms with Gasteiger partial charge in [0.2, 0.25) is 0 Å². The predicted octanol–water partition coefficient (Wildman–Crippen LogP) is 4.34. The van der Waals surface area contributed by atoms with Crippen molar-refractivity contribution < 1.29 is 14.3 Å². The second-order valence-corrected chi connectivity index (χ2v) is 6.77. The van der Waals surface area contributed by atoms with Gasteiger partial charge in [0.25, 0.3) is 5.91 Å². The van der Waals surface area contributed by atoms with E-state index in [2.05, 4.69) is 10.4 Å². The zero-order valence-electron chi connectivity index (χ0n) is 16.2. The molecule has 0 saturated heterocycles. The fraction of sp³-hybridized carbons (Fsp3) is 0.238.